The highest BCUT2D eigenvalue weighted by atomic mass is 16.5. The number of carbonyl (C=O) groups excluding carboxylic acids is 2. The number of hydrogen-bond donors (Lipinski definition) is 1. The Morgan fingerprint density at radius 3 is 2.13 bits per heavy atom. The molecule has 1 unspecified atom stereocenters. The maximum absolute atomic E-state index is 12.1. The fourth-order valence-electron chi connectivity index (χ4n) is 2.19. The Morgan fingerprint density at radius 2 is 1.65 bits per heavy atom. The monoisotopic (exact) mass is 321 g/mol. The molecule has 5 heteroatoms. The van der Waals surface area contributed by atoms with Crippen LogP contribution in [-0.4, -0.2) is 25.1 Å². The maximum Gasteiger partial charge on any atom is 0.308 e. The highest BCUT2D eigenvalue weighted by Gasteiger charge is 2.20. The minimum Gasteiger partial charge on any atom is -0.497 e. The molecule has 0 spiro atoms. The molecule has 1 aromatic carbocycles. The van der Waals surface area contributed by atoms with Crippen molar-refractivity contribution in [1.29, 1.82) is 0 Å². The lowest BCUT2D eigenvalue weighted by atomic mass is 10.0. The molecule has 0 radical (unpaired) electrons. The van der Waals surface area contributed by atoms with Crippen LogP contribution in [0, 0.1) is 5.92 Å². The van der Waals surface area contributed by atoms with Crippen molar-refractivity contribution < 1.29 is 19.1 Å². The van der Waals surface area contributed by atoms with Crippen LogP contribution in [-0.2, 0) is 14.3 Å². The van der Waals surface area contributed by atoms with Crippen LogP contribution in [0.15, 0.2) is 24.3 Å². The third-order valence-corrected chi connectivity index (χ3v) is 3.18. The molecule has 128 valence electrons. The number of esters is 1. The Morgan fingerprint density at radius 1 is 1.04 bits per heavy atom. The zero-order valence-corrected chi connectivity index (χ0v) is 14.6. The van der Waals surface area contributed by atoms with E-state index in [0.717, 1.165) is 11.3 Å². The van der Waals surface area contributed by atoms with E-state index in [1.807, 2.05) is 38.1 Å². The minimum absolute atomic E-state index is 0.0711. The number of hydrogen-bond acceptors (Lipinski definition) is 4. The standard InChI is InChI=1S/C18H27NO4/c1-12(2)10-17(20)19-16(11-18(21)23-13(3)4)14-6-8-15(22-5)9-7-14/h6-9,12-13,16H,10-11H2,1-5H3,(H,19,20). The van der Waals surface area contributed by atoms with Crippen LogP contribution in [0.2, 0.25) is 0 Å². The van der Waals surface area contributed by atoms with Crippen molar-refractivity contribution in [2.75, 3.05) is 7.11 Å². The number of amides is 1. The third kappa shape index (κ3) is 7.17. The summed E-state index contributed by atoms with van der Waals surface area (Å²) in [6.07, 6.45) is 0.352. The summed E-state index contributed by atoms with van der Waals surface area (Å²) >= 11 is 0. The summed E-state index contributed by atoms with van der Waals surface area (Å²) in [5.41, 5.74) is 0.851. The molecule has 0 bridgehead atoms. The number of carbonyl (C=O) groups is 2. The van der Waals surface area contributed by atoms with Crippen molar-refractivity contribution >= 4 is 11.9 Å². The van der Waals surface area contributed by atoms with E-state index in [2.05, 4.69) is 5.32 Å². The first-order chi connectivity index (χ1) is 10.8. The predicted molar refractivity (Wildman–Crippen MR) is 89.2 cm³/mol. The zero-order valence-electron chi connectivity index (χ0n) is 14.6. The van der Waals surface area contributed by atoms with E-state index in [4.69, 9.17) is 9.47 Å². The molecule has 1 N–H and O–H groups in total. The topological polar surface area (TPSA) is 64.6 Å². The van der Waals surface area contributed by atoms with Crippen LogP contribution >= 0.6 is 0 Å². The lowest BCUT2D eigenvalue weighted by Crippen LogP contribution is -2.31. The second-order valence-corrected chi connectivity index (χ2v) is 6.23. The molecule has 1 rings (SSSR count). The van der Waals surface area contributed by atoms with Gasteiger partial charge in [-0.15, -0.1) is 0 Å². The fraction of sp³-hybridized carbons (Fsp3) is 0.556. The summed E-state index contributed by atoms with van der Waals surface area (Å²) in [5, 5.41) is 2.93. The molecular weight excluding hydrogens is 294 g/mol. The van der Waals surface area contributed by atoms with Gasteiger partial charge in [-0.2, -0.15) is 0 Å². The van der Waals surface area contributed by atoms with E-state index < -0.39 is 6.04 Å². The van der Waals surface area contributed by atoms with E-state index in [-0.39, 0.29) is 30.3 Å². The van der Waals surface area contributed by atoms with Gasteiger partial charge in [0.15, 0.2) is 0 Å². The average molecular weight is 321 g/mol. The predicted octanol–water partition coefficient (Wildman–Crippen LogP) is 3.24. The van der Waals surface area contributed by atoms with Gasteiger partial charge in [0, 0.05) is 6.42 Å². The van der Waals surface area contributed by atoms with E-state index in [1.165, 1.54) is 0 Å². The Hall–Kier alpha value is -2.04. The van der Waals surface area contributed by atoms with Crippen molar-refractivity contribution in [2.24, 2.45) is 5.92 Å². The summed E-state index contributed by atoms with van der Waals surface area (Å²) < 4.78 is 10.3. The Labute approximate surface area is 138 Å². The van der Waals surface area contributed by atoms with Gasteiger partial charge >= 0.3 is 5.97 Å². The van der Waals surface area contributed by atoms with Gasteiger partial charge in [0.2, 0.25) is 5.91 Å². The van der Waals surface area contributed by atoms with Crippen LogP contribution < -0.4 is 10.1 Å². The molecule has 0 saturated carbocycles. The largest absolute Gasteiger partial charge is 0.497 e. The molecule has 0 aliphatic heterocycles. The zero-order chi connectivity index (χ0) is 17.4. The summed E-state index contributed by atoms with van der Waals surface area (Å²) in [6, 6.07) is 6.91. The molecule has 0 fully saturated rings. The molecule has 0 aliphatic rings. The first kappa shape index (κ1) is 19.0. The number of methoxy groups -OCH3 is 1. The van der Waals surface area contributed by atoms with Gasteiger partial charge in [0.05, 0.1) is 25.7 Å². The second kappa shape index (κ2) is 9.18. The highest BCUT2D eigenvalue weighted by Crippen LogP contribution is 2.21. The van der Waals surface area contributed by atoms with Gasteiger partial charge in [-0.05, 0) is 37.5 Å². The normalized spacial score (nSPS) is 12.1. The number of nitrogens with one attached hydrogen (secondary N) is 1. The van der Waals surface area contributed by atoms with Gasteiger partial charge in [-0.1, -0.05) is 26.0 Å². The number of ether oxygens (including phenoxy) is 2. The summed E-state index contributed by atoms with van der Waals surface area (Å²) in [5.74, 6) is 0.587. The van der Waals surface area contributed by atoms with Crippen LogP contribution in [0.3, 0.4) is 0 Å². The average Bonchev–Trinajstić information content (AvgIpc) is 2.45. The van der Waals surface area contributed by atoms with E-state index in [1.54, 1.807) is 21.0 Å². The Balaban J connectivity index is 2.85. The van der Waals surface area contributed by atoms with Gasteiger partial charge < -0.3 is 14.8 Å². The highest BCUT2D eigenvalue weighted by molar-refractivity contribution is 5.78. The van der Waals surface area contributed by atoms with Crippen molar-refractivity contribution in [1.82, 2.24) is 5.32 Å². The molecule has 0 saturated heterocycles. The first-order valence-electron chi connectivity index (χ1n) is 7.94. The molecule has 0 aliphatic carbocycles. The van der Waals surface area contributed by atoms with Gasteiger partial charge in [-0.3, -0.25) is 9.59 Å². The Kier molecular flexibility index (Phi) is 7.59. The molecule has 1 aromatic rings. The molecule has 1 amide bonds. The maximum atomic E-state index is 12.1. The summed E-state index contributed by atoms with van der Waals surface area (Å²) in [6.45, 7) is 7.57. The van der Waals surface area contributed by atoms with Crippen molar-refractivity contribution in [2.45, 2.75) is 52.7 Å². The smallest absolute Gasteiger partial charge is 0.308 e. The number of rotatable bonds is 8. The van der Waals surface area contributed by atoms with Crippen molar-refractivity contribution in [3.63, 3.8) is 0 Å². The van der Waals surface area contributed by atoms with Crippen molar-refractivity contribution in [3.05, 3.63) is 29.8 Å². The Bertz CT molecular complexity index is 484. The van der Waals surface area contributed by atoms with Gasteiger partial charge in [-0.25, -0.2) is 0 Å². The molecule has 5 nitrogen and oxygen atoms in total. The lowest BCUT2D eigenvalue weighted by molar-refractivity contribution is -0.148. The SMILES string of the molecule is COc1ccc(C(CC(=O)OC(C)C)NC(=O)CC(C)C)cc1. The molecule has 1 atom stereocenters. The van der Waals surface area contributed by atoms with Crippen LogP contribution in [0.4, 0.5) is 0 Å². The summed E-state index contributed by atoms with van der Waals surface area (Å²) in [7, 11) is 1.59. The fourth-order valence-corrected chi connectivity index (χ4v) is 2.19. The molecule has 0 heterocycles. The van der Waals surface area contributed by atoms with E-state index in [0.29, 0.717) is 6.42 Å². The molecule has 0 aromatic heterocycles. The van der Waals surface area contributed by atoms with Crippen molar-refractivity contribution in [3.8, 4) is 5.75 Å². The number of benzene rings is 1. The molecular formula is C18H27NO4. The second-order valence-electron chi connectivity index (χ2n) is 6.23. The van der Waals surface area contributed by atoms with Crippen LogP contribution in [0.1, 0.15) is 52.1 Å². The summed E-state index contributed by atoms with van der Waals surface area (Å²) in [4.78, 5) is 24.0. The quantitative estimate of drug-likeness (QED) is 0.747. The van der Waals surface area contributed by atoms with Crippen LogP contribution in [0.25, 0.3) is 0 Å². The minimum atomic E-state index is -0.404. The van der Waals surface area contributed by atoms with Gasteiger partial charge in [0.1, 0.15) is 5.75 Å². The lowest BCUT2D eigenvalue weighted by Gasteiger charge is -2.20. The first-order valence-corrected chi connectivity index (χ1v) is 7.94. The van der Waals surface area contributed by atoms with Gasteiger partial charge in [0.25, 0.3) is 0 Å². The van der Waals surface area contributed by atoms with E-state index in [9.17, 15) is 9.59 Å². The van der Waals surface area contributed by atoms with E-state index >= 15 is 0 Å². The van der Waals surface area contributed by atoms with Crippen LogP contribution in [0.5, 0.6) is 5.75 Å². The molecule has 23 heavy (non-hydrogen) atoms. The third-order valence-electron chi connectivity index (χ3n) is 3.18.